The fourth-order valence-electron chi connectivity index (χ4n) is 2.43. The topological polar surface area (TPSA) is 63.7 Å². The molecule has 1 aromatic heterocycles. The lowest BCUT2D eigenvalue weighted by Crippen LogP contribution is -2.37. The smallest absolute Gasteiger partial charge is 0.243 e. The average Bonchev–Trinajstić information content (AvgIpc) is 2.80. The molecule has 2 rings (SSSR count). The quantitative estimate of drug-likeness (QED) is 0.892. The average molecular weight is 279 g/mol. The maximum atomic E-state index is 12.4. The van der Waals surface area contributed by atoms with Gasteiger partial charge >= 0.3 is 0 Å². The minimum atomic E-state index is -0.202. The van der Waals surface area contributed by atoms with Crippen molar-refractivity contribution in [1.29, 1.82) is 0 Å². The van der Waals surface area contributed by atoms with Crippen LogP contribution in [-0.4, -0.2) is 55.7 Å². The Morgan fingerprint density at radius 3 is 2.80 bits per heavy atom. The molecule has 2 heterocycles. The molecule has 0 spiro atoms. The Hall–Kier alpha value is -1.66. The number of anilines is 1. The van der Waals surface area contributed by atoms with Crippen LogP contribution in [0.3, 0.4) is 0 Å². The summed E-state index contributed by atoms with van der Waals surface area (Å²) in [4.78, 5) is 18.7. The van der Waals surface area contributed by atoms with Gasteiger partial charge in [0.2, 0.25) is 5.91 Å². The molecule has 0 saturated carbocycles. The van der Waals surface area contributed by atoms with Gasteiger partial charge < -0.3 is 14.8 Å². The van der Waals surface area contributed by atoms with Gasteiger partial charge in [-0.1, -0.05) is 0 Å². The minimum absolute atomic E-state index is 0.0801. The van der Waals surface area contributed by atoms with E-state index in [1.807, 2.05) is 24.9 Å². The molecule has 1 fully saturated rings. The molecular weight excluding hydrogens is 258 g/mol. The maximum Gasteiger partial charge on any atom is 0.243 e. The van der Waals surface area contributed by atoms with E-state index in [1.54, 1.807) is 20.3 Å². The number of rotatable bonds is 4. The Labute approximate surface area is 119 Å². The number of carbonyl (C=O) groups is 1. The zero-order valence-corrected chi connectivity index (χ0v) is 12.3. The highest BCUT2D eigenvalue weighted by atomic mass is 16.5. The number of carbonyl (C=O) groups excluding carboxylic acids is 1. The van der Waals surface area contributed by atoms with Gasteiger partial charge in [0, 0.05) is 19.3 Å². The van der Waals surface area contributed by atoms with Crippen molar-refractivity contribution in [3.63, 3.8) is 0 Å². The third-order valence-corrected chi connectivity index (χ3v) is 3.60. The standard InChI is InChI=1S/C14H21N3O3/c1-9-5-6-12(20-4)13(15-9)16-14(18)11-7-10(19-3)8-17(11)2/h5-6,10-11H,7-8H2,1-4H3,(H,15,16,18)/t10-,11-/m0/s1. The first-order valence-corrected chi connectivity index (χ1v) is 6.60. The first kappa shape index (κ1) is 14.7. The van der Waals surface area contributed by atoms with Crippen molar-refractivity contribution in [1.82, 2.24) is 9.88 Å². The SMILES string of the molecule is COc1ccc(C)nc1NC(=O)[C@@H]1C[C@H](OC)CN1C. The molecule has 0 aromatic carbocycles. The molecule has 1 amide bonds. The molecule has 0 unspecified atom stereocenters. The number of amides is 1. The van der Waals surface area contributed by atoms with Crippen LogP contribution in [0.2, 0.25) is 0 Å². The van der Waals surface area contributed by atoms with Gasteiger partial charge in [-0.05, 0) is 32.5 Å². The number of ether oxygens (including phenoxy) is 2. The summed E-state index contributed by atoms with van der Waals surface area (Å²) in [7, 11) is 5.15. The summed E-state index contributed by atoms with van der Waals surface area (Å²) in [6.45, 7) is 2.63. The van der Waals surface area contributed by atoms with E-state index >= 15 is 0 Å². The summed E-state index contributed by atoms with van der Waals surface area (Å²) in [6, 6.07) is 3.44. The molecule has 0 radical (unpaired) electrons. The lowest BCUT2D eigenvalue weighted by molar-refractivity contribution is -0.120. The molecule has 0 aliphatic carbocycles. The minimum Gasteiger partial charge on any atom is -0.493 e. The second-order valence-corrected chi connectivity index (χ2v) is 5.04. The Bertz CT molecular complexity index is 493. The summed E-state index contributed by atoms with van der Waals surface area (Å²) >= 11 is 0. The molecule has 20 heavy (non-hydrogen) atoms. The zero-order chi connectivity index (χ0) is 14.7. The molecule has 6 nitrogen and oxygen atoms in total. The van der Waals surface area contributed by atoms with Crippen LogP contribution in [0.15, 0.2) is 12.1 Å². The Kier molecular flexibility index (Phi) is 4.57. The molecule has 1 aliphatic heterocycles. The number of nitrogens with one attached hydrogen (secondary N) is 1. The number of aryl methyl sites for hydroxylation is 1. The van der Waals surface area contributed by atoms with Crippen LogP contribution in [0.1, 0.15) is 12.1 Å². The molecule has 6 heteroatoms. The van der Waals surface area contributed by atoms with E-state index in [2.05, 4.69) is 10.3 Å². The van der Waals surface area contributed by atoms with Crippen LogP contribution in [0.25, 0.3) is 0 Å². The second-order valence-electron chi connectivity index (χ2n) is 5.04. The largest absolute Gasteiger partial charge is 0.493 e. The lowest BCUT2D eigenvalue weighted by atomic mass is 10.2. The summed E-state index contributed by atoms with van der Waals surface area (Å²) in [5, 5.41) is 2.85. The molecule has 0 bridgehead atoms. The van der Waals surface area contributed by atoms with Gasteiger partial charge in [0.15, 0.2) is 11.6 Å². The molecule has 1 N–H and O–H groups in total. The van der Waals surface area contributed by atoms with Crippen molar-refractivity contribution in [2.45, 2.75) is 25.5 Å². The molecule has 2 atom stereocenters. The predicted octanol–water partition coefficient (Wildman–Crippen LogP) is 1.06. The van der Waals surface area contributed by atoms with Gasteiger partial charge in [-0.25, -0.2) is 4.98 Å². The predicted molar refractivity (Wildman–Crippen MR) is 76.0 cm³/mol. The Balaban J connectivity index is 2.10. The van der Waals surface area contributed by atoms with E-state index in [0.717, 1.165) is 12.2 Å². The van der Waals surface area contributed by atoms with Crippen LogP contribution in [0.4, 0.5) is 5.82 Å². The van der Waals surface area contributed by atoms with Crippen molar-refractivity contribution in [2.24, 2.45) is 0 Å². The highest BCUT2D eigenvalue weighted by Gasteiger charge is 2.34. The normalized spacial score (nSPS) is 22.8. The van der Waals surface area contributed by atoms with Crippen molar-refractivity contribution < 1.29 is 14.3 Å². The first-order valence-electron chi connectivity index (χ1n) is 6.60. The van der Waals surface area contributed by atoms with Gasteiger partial charge in [-0.2, -0.15) is 0 Å². The van der Waals surface area contributed by atoms with Crippen LogP contribution >= 0.6 is 0 Å². The zero-order valence-electron chi connectivity index (χ0n) is 12.3. The number of pyridine rings is 1. The van der Waals surface area contributed by atoms with Gasteiger partial charge in [0.05, 0.1) is 19.3 Å². The number of nitrogens with zero attached hydrogens (tertiary/aromatic N) is 2. The van der Waals surface area contributed by atoms with E-state index in [1.165, 1.54) is 0 Å². The van der Waals surface area contributed by atoms with Gasteiger partial charge in [-0.15, -0.1) is 0 Å². The van der Waals surface area contributed by atoms with Crippen LogP contribution in [0.5, 0.6) is 5.75 Å². The van der Waals surface area contributed by atoms with Crippen LogP contribution < -0.4 is 10.1 Å². The number of hydrogen-bond acceptors (Lipinski definition) is 5. The number of methoxy groups -OCH3 is 2. The summed E-state index contributed by atoms with van der Waals surface area (Å²) in [6.07, 6.45) is 0.788. The third kappa shape index (κ3) is 3.08. The van der Waals surface area contributed by atoms with Gasteiger partial charge in [-0.3, -0.25) is 9.69 Å². The number of likely N-dealkylation sites (tertiary alicyclic amines) is 1. The molecule has 1 saturated heterocycles. The summed E-state index contributed by atoms with van der Waals surface area (Å²) in [5.41, 5.74) is 0.829. The van der Waals surface area contributed by atoms with E-state index in [-0.39, 0.29) is 18.1 Å². The highest BCUT2D eigenvalue weighted by molar-refractivity contribution is 5.95. The Morgan fingerprint density at radius 1 is 1.45 bits per heavy atom. The lowest BCUT2D eigenvalue weighted by Gasteiger charge is -2.18. The van der Waals surface area contributed by atoms with Crippen molar-refractivity contribution in [3.8, 4) is 5.75 Å². The van der Waals surface area contributed by atoms with E-state index in [9.17, 15) is 4.79 Å². The summed E-state index contributed by atoms with van der Waals surface area (Å²) in [5.74, 6) is 0.947. The van der Waals surface area contributed by atoms with E-state index < -0.39 is 0 Å². The monoisotopic (exact) mass is 279 g/mol. The number of hydrogen-bond donors (Lipinski definition) is 1. The Morgan fingerprint density at radius 2 is 2.20 bits per heavy atom. The van der Waals surface area contributed by atoms with E-state index in [4.69, 9.17) is 9.47 Å². The molecule has 1 aliphatic rings. The maximum absolute atomic E-state index is 12.4. The number of aromatic nitrogens is 1. The molecule has 110 valence electrons. The van der Waals surface area contributed by atoms with Gasteiger partial charge in [0.25, 0.3) is 0 Å². The summed E-state index contributed by atoms with van der Waals surface area (Å²) < 4.78 is 10.5. The van der Waals surface area contributed by atoms with Gasteiger partial charge in [0.1, 0.15) is 0 Å². The van der Waals surface area contributed by atoms with Crippen LogP contribution in [-0.2, 0) is 9.53 Å². The van der Waals surface area contributed by atoms with Crippen LogP contribution in [0, 0.1) is 6.92 Å². The number of likely N-dealkylation sites (N-methyl/N-ethyl adjacent to an activating group) is 1. The van der Waals surface area contributed by atoms with E-state index in [0.29, 0.717) is 18.0 Å². The molecule has 1 aromatic rings. The van der Waals surface area contributed by atoms with Crippen molar-refractivity contribution >= 4 is 11.7 Å². The second kappa shape index (κ2) is 6.19. The van der Waals surface area contributed by atoms with Crippen molar-refractivity contribution in [2.75, 3.05) is 33.1 Å². The highest BCUT2D eigenvalue weighted by Crippen LogP contribution is 2.24. The fraction of sp³-hybridized carbons (Fsp3) is 0.571. The third-order valence-electron chi connectivity index (χ3n) is 3.60. The molecular formula is C14H21N3O3. The van der Waals surface area contributed by atoms with Crippen molar-refractivity contribution in [3.05, 3.63) is 17.8 Å². The first-order chi connectivity index (χ1) is 9.55. The fourth-order valence-corrected chi connectivity index (χ4v) is 2.43.